The van der Waals surface area contributed by atoms with Gasteiger partial charge in [0.05, 0.1) is 37.0 Å². The fourth-order valence-electron chi connectivity index (χ4n) is 3.21. The molecule has 2 aromatic rings. The number of aromatic nitrogens is 2. The number of benzene rings is 1. The van der Waals surface area contributed by atoms with Crippen molar-refractivity contribution >= 4 is 16.9 Å². The van der Waals surface area contributed by atoms with Gasteiger partial charge in [0.15, 0.2) is 0 Å². The van der Waals surface area contributed by atoms with Crippen LogP contribution in [0, 0.1) is 0 Å². The summed E-state index contributed by atoms with van der Waals surface area (Å²) in [6, 6.07) is 8.13. The van der Waals surface area contributed by atoms with Crippen molar-refractivity contribution in [1.82, 2.24) is 20.0 Å². The monoisotopic (exact) mass is 332 g/mol. The van der Waals surface area contributed by atoms with Crippen LogP contribution < -0.4 is 5.32 Å². The number of rotatable bonds is 6. The molecule has 1 saturated heterocycles. The Hall–Kier alpha value is -2.12. The Balaban J connectivity index is 1.63. The number of nitrogens with zero attached hydrogens (tertiary/aromatic N) is 3. The van der Waals surface area contributed by atoms with Gasteiger partial charge in [0.25, 0.3) is 0 Å². The van der Waals surface area contributed by atoms with E-state index in [1.54, 1.807) is 14.2 Å². The van der Waals surface area contributed by atoms with Crippen molar-refractivity contribution in [3.8, 4) is 0 Å². The lowest BCUT2D eigenvalue weighted by Gasteiger charge is -2.22. The number of methoxy groups -OCH3 is 2. The highest BCUT2D eigenvalue weighted by Crippen LogP contribution is 2.25. The summed E-state index contributed by atoms with van der Waals surface area (Å²) in [4.78, 5) is 14.3. The lowest BCUT2D eigenvalue weighted by Crippen LogP contribution is -2.47. The molecule has 1 aliphatic heterocycles. The first kappa shape index (κ1) is 16.7. The van der Waals surface area contributed by atoms with Gasteiger partial charge in [-0.2, -0.15) is 5.10 Å². The lowest BCUT2D eigenvalue weighted by molar-refractivity contribution is 0.102. The van der Waals surface area contributed by atoms with Crippen molar-refractivity contribution in [1.29, 1.82) is 0 Å². The summed E-state index contributed by atoms with van der Waals surface area (Å²) in [6.45, 7) is 2.24. The molecule has 1 aromatic heterocycles. The van der Waals surface area contributed by atoms with Crippen molar-refractivity contribution in [3.05, 3.63) is 30.5 Å². The molecule has 0 bridgehead atoms. The van der Waals surface area contributed by atoms with Gasteiger partial charge in [0, 0.05) is 32.7 Å². The van der Waals surface area contributed by atoms with Gasteiger partial charge in [-0.15, -0.1) is 0 Å². The molecule has 130 valence electrons. The van der Waals surface area contributed by atoms with Gasteiger partial charge in [-0.05, 0) is 12.5 Å². The number of para-hydroxylation sites is 1. The summed E-state index contributed by atoms with van der Waals surface area (Å²) in [5.41, 5.74) is 1.11. The molecule has 0 radical (unpaired) electrons. The summed E-state index contributed by atoms with van der Waals surface area (Å²) in [6.07, 6.45) is 2.78. The topological polar surface area (TPSA) is 68.6 Å². The number of carbonyl (C=O) groups excluding carboxylic acids is 1. The largest absolute Gasteiger partial charge is 0.382 e. The van der Waals surface area contributed by atoms with Crippen molar-refractivity contribution in [2.24, 2.45) is 0 Å². The number of amides is 2. The number of hydrogen-bond acceptors (Lipinski definition) is 4. The summed E-state index contributed by atoms with van der Waals surface area (Å²) in [5, 5.41) is 8.61. The maximum Gasteiger partial charge on any atom is 0.317 e. The third-order valence-corrected chi connectivity index (χ3v) is 4.36. The Labute approximate surface area is 141 Å². The predicted octanol–water partition coefficient (Wildman–Crippen LogP) is 1.65. The van der Waals surface area contributed by atoms with Gasteiger partial charge < -0.3 is 19.7 Å². The Bertz CT molecular complexity index is 681. The highest BCUT2D eigenvalue weighted by molar-refractivity contribution is 5.78. The number of carbonyl (C=O) groups is 1. The molecule has 1 unspecified atom stereocenters. The van der Waals surface area contributed by atoms with E-state index >= 15 is 0 Å². The quantitative estimate of drug-likeness (QED) is 0.873. The first-order valence-corrected chi connectivity index (χ1v) is 8.18. The van der Waals surface area contributed by atoms with E-state index < -0.39 is 0 Å². The van der Waals surface area contributed by atoms with Crippen LogP contribution in [0.1, 0.15) is 12.5 Å². The smallest absolute Gasteiger partial charge is 0.317 e. The molecule has 1 aliphatic rings. The molecular formula is C17H24N4O3. The first-order chi connectivity index (χ1) is 11.7. The molecule has 2 heterocycles. The molecule has 0 spiro atoms. The van der Waals surface area contributed by atoms with Crippen molar-refractivity contribution in [2.45, 2.75) is 18.5 Å². The second-order valence-corrected chi connectivity index (χ2v) is 6.09. The van der Waals surface area contributed by atoms with Gasteiger partial charge in [0.1, 0.15) is 0 Å². The number of likely N-dealkylation sites (tertiary alicyclic amines) is 1. The number of fused-ring (bicyclic) bond motifs is 1. The molecule has 24 heavy (non-hydrogen) atoms. The average Bonchev–Trinajstić information content (AvgIpc) is 3.22. The van der Waals surface area contributed by atoms with E-state index in [1.807, 2.05) is 27.9 Å². The third-order valence-electron chi connectivity index (χ3n) is 4.36. The average molecular weight is 332 g/mol. The van der Waals surface area contributed by atoms with E-state index in [2.05, 4.69) is 22.5 Å². The van der Waals surface area contributed by atoms with E-state index in [0.717, 1.165) is 23.9 Å². The van der Waals surface area contributed by atoms with Crippen LogP contribution in [0.3, 0.4) is 0 Å². The van der Waals surface area contributed by atoms with Gasteiger partial charge >= 0.3 is 6.03 Å². The summed E-state index contributed by atoms with van der Waals surface area (Å²) in [5.74, 6) is 0. The van der Waals surface area contributed by atoms with E-state index in [0.29, 0.717) is 19.8 Å². The van der Waals surface area contributed by atoms with Crippen LogP contribution in [-0.4, -0.2) is 67.3 Å². The van der Waals surface area contributed by atoms with Crippen LogP contribution in [0.4, 0.5) is 4.79 Å². The number of urea groups is 1. The van der Waals surface area contributed by atoms with Crippen molar-refractivity contribution < 1.29 is 14.3 Å². The Morgan fingerprint density at radius 3 is 2.83 bits per heavy atom. The zero-order valence-corrected chi connectivity index (χ0v) is 14.1. The highest BCUT2D eigenvalue weighted by Gasteiger charge is 2.29. The van der Waals surface area contributed by atoms with E-state index in [-0.39, 0.29) is 18.1 Å². The highest BCUT2D eigenvalue weighted by atomic mass is 16.5. The van der Waals surface area contributed by atoms with Crippen LogP contribution in [-0.2, 0) is 9.47 Å². The normalized spacial score (nSPS) is 17.8. The molecule has 1 atom stereocenters. The number of hydrogen-bond donors (Lipinski definition) is 1. The molecule has 1 N–H and O–H groups in total. The summed E-state index contributed by atoms with van der Waals surface area (Å²) in [7, 11) is 3.23. The molecule has 1 fully saturated rings. The first-order valence-electron chi connectivity index (χ1n) is 8.18. The van der Waals surface area contributed by atoms with Crippen LogP contribution in [0.15, 0.2) is 30.5 Å². The minimum absolute atomic E-state index is 0.0759. The second kappa shape index (κ2) is 7.63. The van der Waals surface area contributed by atoms with Gasteiger partial charge in [-0.25, -0.2) is 4.79 Å². The Kier molecular flexibility index (Phi) is 5.32. The molecule has 3 rings (SSSR count). The standard InChI is InChI=1S/C17H24N4O3/c1-23-11-14(12-24-2)19-17(22)20-8-7-15(10-20)21-16-6-4-3-5-13(16)9-18-21/h3-6,9,14-15H,7-8,10-12H2,1-2H3,(H,19,22). The Morgan fingerprint density at radius 1 is 1.33 bits per heavy atom. The van der Waals surface area contributed by atoms with Crippen LogP contribution in [0.2, 0.25) is 0 Å². The maximum absolute atomic E-state index is 12.5. The molecule has 0 saturated carbocycles. The summed E-state index contributed by atoms with van der Waals surface area (Å²) >= 11 is 0. The second-order valence-electron chi connectivity index (χ2n) is 6.09. The van der Waals surface area contributed by atoms with Gasteiger partial charge in [-0.1, -0.05) is 18.2 Å². The zero-order chi connectivity index (χ0) is 16.9. The molecule has 7 heteroatoms. The molecule has 2 amide bonds. The molecule has 1 aromatic carbocycles. The van der Waals surface area contributed by atoms with Crippen molar-refractivity contribution in [2.75, 3.05) is 40.5 Å². The van der Waals surface area contributed by atoms with Gasteiger partial charge in [0.2, 0.25) is 0 Å². The number of nitrogens with one attached hydrogen (secondary N) is 1. The minimum atomic E-state index is -0.142. The fraction of sp³-hybridized carbons (Fsp3) is 0.529. The summed E-state index contributed by atoms with van der Waals surface area (Å²) < 4.78 is 12.3. The van der Waals surface area contributed by atoms with E-state index in [9.17, 15) is 4.79 Å². The predicted molar refractivity (Wildman–Crippen MR) is 91.0 cm³/mol. The van der Waals surface area contributed by atoms with E-state index in [4.69, 9.17) is 9.47 Å². The molecule has 7 nitrogen and oxygen atoms in total. The van der Waals surface area contributed by atoms with E-state index in [1.165, 1.54) is 0 Å². The SMILES string of the molecule is COCC(COC)NC(=O)N1CCC(n2ncc3ccccc32)C1. The van der Waals surface area contributed by atoms with Crippen LogP contribution in [0.5, 0.6) is 0 Å². The molecular weight excluding hydrogens is 308 g/mol. The van der Waals surface area contributed by atoms with Crippen LogP contribution in [0.25, 0.3) is 10.9 Å². The minimum Gasteiger partial charge on any atom is -0.382 e. The van der Waals surface area contributed by atoms with Gasteiger partial charge in [-0.3, -0.25) is 4.68 Å². The third kappa shape index (κ3) is 3.52. The van der Waals surface area contributed by atoms with Crippen LogP contribution >= 0.6 is 0 Å². The fourth-order valence-corrected chi connectivity index (χ4v) is 3.21. The maximum atomic E-state index is 12.5. The Morgan fingerprint density at radius 2 is 2.08 bits per heavy atom. The molecule has 0 aliphatic carbocycles. The zero-order valence-electron chi connectivity index (χ0n) is 14.1. The van der Waals surface area contributed by atoms with Crippen molar-refractivity contribution in [3.63, 3.8) is 0 Å². The number of ether oxygens (including phenoxy) is 2. The lowest BCUT2D eigenvalue weighted by atomic mass is 10.2.